The van der Waals surface area contributed by atoms with Crippen LogP contribution in [0, 0.1) is 0 Å². The zero-order valence-corrected chi connectivity index (χ0v) is 15.7. The predicted molar refractivity (Wildman–Crippen MR) is 107 cm³/mol. The van der Waals surface area contributed by atoms with Gasteiger partial charge in [0.1, 0.15) is 11.1 Å². The van der Waals surface area contributed by atoms with Crippen LogP contribution in [-0.2, 0) is 4.74 Å². The molecular weight excluding hydrogens is 354 g/mol. The molecule has 28 heavy (non-hydrogen) atoms. The van der Waals surface area contributed by atoms with Crippen molar-refractivity contribution in [1.82, 2.24) is 24.5 Å². The van der Waals surface area contributed by atoms with E-state index in [0.29, 0.717) is 28.0 Å². The van der Waals surface area contributed by atoms with Gasteiger partial charge in [-0.05, 0) is 39.0 Å². The van der Waals surface area contributed by atoms with Crippen molar-refractivity contribution in [2.24, 2.45) is 0 Å². The number of carbonyl (C=O) groups is 1. The minimum Gasteiger partial charge on any atom is -0.443 e. The van der Waals surface area contributed by atoms with E-state index in [1.54, 1.807) is 0 Å². The number of hydrogen-bond acceptors (Lipinski definition) is 6. The number of carbonyl (C=O) groups excluding carboxylic acids is 1. The van der Waals surface area contributed by atoms with Gasteiger partial charge >= 0.3 is 6.09 Å². The van der Waals surface area contributed by atoms with E-state index in [9.17, 15) is 4.79 Å². The Labute approximate surface area is 160 Å². The molecule has 2 aromatic carbocycles. The third kappa shape index (κ3) is 2.55. The van der Waals surface area contributed by atoms with Crippen molar-refractivity contribution in [3.8, 4) is 0 Å². The number of aromatic nitrogens is 5. The summed E-state index contributed by atoms with van der Waals surface area (Å²) in [6.07, 6.45) is -0.499. The Morgan fingerprint density at radius 2 is 1.46 bits per heavy atom. The van der Waals surface area contributed by atoms with Crippen LogP contribution < -0.4 is 0 Å². The summed E-state index contributed by atoms with van der Waals surface area (Å²) < 4.78 is 7.06. The molecule has 3 heterocycles. The molecule has 0 amide bonds. The van der Waals surface area contributed by atoms with Crippen LogP contribution in [0.3, 0.4) is 0 Å². The maximum atomic E-state index is 12.9. The van der Waals surface area contributed by atoms with Gasteiger partial charge in [0.05, 0.1) is 16.6 Å². The van der Waals surface area contributed by atoms with Crippen LogP contribution in [0.25, 0.3) is 44.4 Å². The van der Waals surface area contributed by atoms with Gasteiger partial charge in [-0.3, -0.25) is 0 Å². The summed E-state index contributed by atoms with van der Waals surface area (Å²) in [5, 5.41) is 0.813. The normalized spacial score (nSPS) is 12.2. The number of ether oxygens (including phenoxy) is 1. The molecule has 5 aromatic rings. The Balaban J connectivity index is 1.87. The number of hydrogen-bond donors (Lipinski definition) is 0. The molecule has 0 spiro atoms. The molecule has 0 bridgehead atoms. The van der Waals surface area contributed by atoms with E-state index in [2.05, 4.69) is 15.0 Å². The van der Waals surface area contributed by atoms with Gasteiger partial charge in [0.2, 0.25) is 0 Å². The van der Waals surface area contributed by atoms with Gasteiger partial charge in [-0.25, -0.2) is 29.3 Å². The van der Waals surface area contributed by atoms with Crippen LogP contribution in [0.5, 0.6) is 0 Å². The summed E-state index contributed by atoms with van der Waals surface area (Å²) in [7, 11) is 0. The predicted octanol–water partition coefficient (Wildman–Crippen LogP) is 4.46. The molecule has 0 saturated carbocycles. The molecule has 0 aliphatic rings. The van der Waals surface area contributed by atoms with Crippen LogP contribution in [0.2, 0.25) is 0 Å². The molecule has 0 N–H and O–H groups in total. The molecule has 0 atom stereocenters. The number of fused-ring (bicyclic) bond motifs is 5. The van der Waals surface area contributed by atoms with Crippen molar-refractivity contribution >= 4 is 50.5 Å². The first kappa shape index (κ1) is 16.6. The Bertz CT molecular complexity index is 1400. The smallest absolute Gasteiger partial charge is 0.420 e. The number of para-hydroxylation sites is 3. The van der Waals surface area contributed by atoms with Crippen molar-refractivity contribution in [3.63, 3.8) is 0 Å². The Hall–Kier alpha value is -3.61. The van der Waals surface area contributed by atoms with Crippen LogP contribution in [0.15, 0.2) is 48.5 Å². The highest BCUT2D eigenvalue weighted by Crippen LogP contribution is 2.28. The minimum absolute atomic E-state index is 0.388. The maximum Gasteiger partial charge on any atom is 0.420 e. The molecule has 0 radical (unpaired) electrons. The van der Waals surface area contributed by atoms with Crippen molar-refractivity contribution in [3.05, 3.63) is 48.5 Å². The molecule has 0 saturated heterocycles. The highest BCUT2D eigenvalue weighted by molar-refractivity contribution is 6.10. The van der Waals surface area contributed by atoms with E-state index in [1.807, 2.05) is 69.3 Å². The third-order valence-corrected chi connectivity index (χ3v) is 4.36. The van der Waals surface area contributed by atoms with Gasteiger partial charge in [0.25, 0.3) is 0 Å². The summed E-state index contributed by atoms with van der Waals surface area (Å²) in [6, 6.07) is 15.1. The van der Waals surface area contributed by atoms with Gasteiger partial charge < -0.3 is 4.74 Å². The van der Waals surface area contributed by atoms with Crippen molar-refractivity contribution in [1.29, 1.82) is 0 Å². The fourth-order valence-corrected chi connectivity index (χ4v) is 3.25. The van der Waals surface area contributed by atoms with Crippen LogP contribution in [0.1, 0.15) is 20.8 Å². The maximum absolute atomic E-state index is 12.9. The molecular formula is C21H17N5O2. The first-order valence-electron chi connectivity index (χ1n) is 8.98. The molecule has 7 heteroatoms. The second-order valence-corrected chi connectivity index (χ2v) is 7.59. The average molecular weight is 371 g/mol. The summed E-state index contributed by atoms with van der Waals surface area (Å²) >= 11 is 0. The van der Waals surface area contributed by atoms with E-state index in [4.69, 9.17) is 9.72 Å². The third-order valence-electron chi connectivity index (χ3n) is 4.36. The lowest BCUT2D eigenvalue weighted by Gasteiger charge is -2.20. The standard InChI is InChI=1S/C21H17N5O2/c1-21(2,3)28-20(27)26-15-11-7-4-8-12(15)16-19(26)25-18-17(24-16)22-13-9-5-6-10-14(13)23-18/h4-11H,1-3H3. The zero-order valence-electron chi connectivity index (χ0n) is 15.7. The summed E-state index contributed by atoms with van der Waals surface area (Å²) in [4.78, 5) is 31.4. The quantitative estimate of drug-likeness (QED) is 0.374. The van der Waals surface area contributed by atoms with E-state index >= 15 is 0 Å². The molecule has 3 aromatic heterocycles. The lowest BCUT2D eigenvalue weighted by Crippen LogP contribution is -2.27. The van der Waals surface area contributed by atoms with Crippen molar-refractivity contribution < 1.29 is 9.53 Å². The fourth-order valence-electron chi connectivity index (χ4n) is 3.25. The van der Waals surface area contributed by atoms with E-state index in [-0.39, 0.29) is 0 Å². The lowest BCUT2D eigenvalue weighted by molar-refractivity contribution is 0.0550. The second-order valence-electron chi connectivity index (χ2n) is 7.59. The topological polar surface area (TPSA) is 82.8 Å². The average Bonchev–Trinajstić information content (AvgIpc) is 2.96. The summed E-state index contributed by atoms with van der Waals surface area (Å²) in [5.41, 5.74) is 3.37. The highest BCUT2D eigenvalue weighted by Gasteiger charge is 2.24. The molecule has 5 rings (SSSR count). The zero-order chi connectivity index (χ0) is 19.5. The first-order valence-corrected chi connectivity index (χ1v) is 8.98. The van der Waals surface area contributed by atoms with Gasteiger partial charge in [-0.2, -0.15) is 0 Å². The number of rotatable bonds is 0. The monoisotopic (exact) mass is 371 g/mol. The molecule has 138 valence electrons. The van der Waals surface area contributed by atoms with E-state index < -0.39 is 11.7 Å². The van der Waals surface area contributed by atoms with Crippen LogP contribution in [0.4, 0.5) is 4.79 Å². The van der Waals surface area contributed by atoms with Gasteiger partial charge in [-0.1, -0.05) is 30.3 Å². The van der Waals surface area contributed by atoms with E-state index in [0.717, 1.165) is 16.4 Å². The lowest BCUT2D eigenvalue weighted by atomic mass is 10.2. The molecule has 7 nitrogen and oxygen atoms in total. The Kier molecular flexibility index (Phi) is 3.37. The van der Waals surface area contributed by atoms with Crippen LogP contribution in [-0.4, -0.2) is 36.2 Å². The largest absolute Gasteiger partial charge is 0.443 e. The Morgan fingerprint density at radius 3 is 2.14 bits per heavy atom. The second kappa shape index (κ2) is 5.69. The SMILES string of the molecule is CC(C)(C)OC(=O)n1c2ccccc2c2nc3nc4ccccc4nc3nc21. The van der Waals surface area contributed by atoms with Crippen molar-refractivity contribution in [2.45, 2.75) is 26.4 Å². The number of benzene rings is 2. The summed E-state index contributed by atoms with van der Waals surface area (Å²) in [5.74, 6) is 0. The Morgan fingerprint density at radius 1 is 0.857 bits per heavy atom. The van der Waals surface area contributed by atoms with Crippen LogP contribution >= 0.6 is 0 Å². The van der Waals surface area contributed by atoms with Crippen molar-refractivity contribution in [2.75, 3.05) is 0 Å². The summed E-state index contributed by atoms with van der Waals surface area (Å²) in [6.45, 7) is 5.49. The molecule has 0 aliphatic carbocycles. The van der Waals surface area contributed by atoms with E-state index in [1.165, 1.54) is 4.57 Å². The fraction of sp³-hybridized carbons (Fsp3) is 0.190. The molecule has 0 unspecified atom stereocenters. The first-order chi connectivity index (χ1) is 13.4. The highest BCUT2D eigenvalue weighted by atomic mass is 16.6. The molecule has 0 fully saturated rings. The van der Waals surface area contributed by atoms with Gasteiger partial charge in [0.15, 0.2) is 16.9 Å². The number of nitrogens with zero attached hydrogens (tertiary/aromatic N) is 5. The van der Waals surface area contributed by atoms with Gasteiger partial charge in [0, 0.05) is 5.39 Å². The molecule has 0 aliphatic heterocycles. The minimum atomic E-state index is -0.630. The van der Waals surface area contributed by atoms with Gasteiger partial charge in [-0.15, -0.1) is 0 Å².